The van der Waals surface area contributed by atoms with Gasteiger partial charge in [-0.05, 0) is 52.4 Å². The van der Waals surface area contributed by atoms with Crippen LogP contribution in [0.2, 0.25) is 5.02 Å². The summed E-state index contributed by atoms with van der Waals surface area (Å²) in [6, 6.07) is 27.6. The Morgan fingerprint density at radius 3 is 2.36 bits per heavy atom. The SMILES string of the molecule is CC(C)(C)c1ccc(C(=O)N2N=C(c3c(-c4ccccc4)c4cc(Cl)ccc4[nH]c3=O)C[C@H]2c2cccc([N+](=O)[O-])c2)cc1. The van der Waals surface area contributed by atoms with Gasteiger partial charge in [0.05, 0.1) is 22.2 Å². The molecule has 0 bridgehead atoms. The number of hydrogen-bond acceptors (Lipinski definition) is 5. The van der Waals surface area contributed by atoms with Gasteiger partial charge in [0.1, 0.15) is 0 Å². The van der Waals surface area contributed by atoms with Gasteiger partial charge in [-0.15, -0.1) is 0 Å². The molecular formula is C35H29ClN4O4. The monoisotopic (exact) mass is 604 g/mol. The highest BCUT2D eigenvalue weighted by molar-refractivity contribution is 6.31. The first-order valence-corrected chi connectivity index (χ1v) is 14.6. The van der Waals surface area contributed by atoms with Crippen LogP contribution in [0, 0.1) is 10.1 Å². The first-order valence-electron chi connectivity index (χ1n) is 14.2. The molecule has 0 radical (unpaired) electrons. The molecular weight excluding hydrogens is 576 g/mol. The molecule has 1 aromatic heterocycles. The van der Waals surface area contributed by atoms with Crippen LogP contribution in [-0.2, 0) is 5.41 Å². The summed E-state index contributed by atoms with van der Waals surface area (Å²) in [5, 5.41) is 19.0. The Morgan fingerprint density at radius 2 is 1.68 bits per heavy atom. The summed E-state index contributed by atoms with van der Waals surface area (Å²) in [4.78, 5) is 42.0. The zero-order valence-corrected chi connectivity index (χ0v) is 25.1. The van der Waals surface area contributed by atoms with Crippen molar-refractivity contribution in [1.82, 2.24) is 9.99 Å². The maximum absolute atomic E-state index is 14.1. The summed E-state index contributed by atoms with van der Waals surface area (Å²) in [5.41, 5.74) is 4.24. The van der Waals surface area contributed by atoms with E-state index in [-0.39, 0.29) is 29.0 Å². The Kier molecular flexibility index (Phi) is 7.39. The van der Waals surface area contributed by atoms with Crippen LogP contribution in [0.5, 0.6) is 0 Å². The van der Waals surface area contributed by atoms with Gasteiger partial charge < -0.3 is 4.98 Å². The Hall–Kier alpha value is -5.08. The lowest BCUT2D eigenvalue weighted by Crippen LogP contribution is -2.27. The maximum Gasteiger partial charge on any atom is 0.274 e. The van der Waals surface area contributed by atoms with Crippen molar-refractivity contribution >= 4 is 39.8 Å². The minimum absolute atomic E-state index is 0.0963. The topological polar surface area (TPSA) is 109 Å². The van der Waals surface area contributed by atoms with E-state index in [1.807, 2.05) is 42.5 Å². The number of aromatic amines is 1. The van der Waals surface area contributed by atoms with Gasteiger partial charge in [0.2, 0.25) is 0 Å². The van der Waals surface area contributed by atoms with Gasteiger partial charge in [0, 0.05) is 45.6 Å². The molecule has 0 saturated heterocycles. The van der Waals surface area contributed by atoms with Gasteiger partial charge >= 0.3 is 0 Å². The number of rotatable bonds is 5. The van der Waals surface area contributed by atoms with E-state index in [4.69, 9.17) is 16.7 Å². The Balaban J connectivity index is 1.54. The summed E-state index contributed by atoms with van der Waals surface area (Å²) in [6.45, 7) is 6.29. The molecule has 44 heavy (non-hydrogen) atoms. The van der Waals surface area contributed by atoms with Crippen molar-refractivity contribution in [3.63, 3.8) is 0 Å². The fourth-order valence-corrected chi connectivity index (χ4v) is 5.82. The number of nitrogens with zero attached hydrogens (tertiary/aromatic N) is 3. The van der Waals surface area contributed by atoms with Gasteiger partial charge in [-0.3, -0.25) is 19.7 Å². The summed E-state index contributed by atoms with van der Waals surface area (Å²) >= 11 is 6.42. The number of pyridine rings is 1. The molecule has 0 spiro atoms. The van der Waals surface area contributed by atoms with E-state index in [9.17, 15) is 19.7 Å². The van der Waals surface area contributed by atoms with Crippen molar-refractivity contribution in [3.05, 3.63) is 145 Å². The predicted molar refractivity (Wildman–Crippen MR) is 173 cm³/mol. The Morgan fingerprint density at radius 1 is 0.955 bits per heavy atom. The van der Waals surface area contributed by atoms with Gasteiger partial charge in [-0.1, -0.05) is 87.0 Å². The average Bonchev–Trinajstić information content (AvgIpc) is 3.45. The second kappa shape index (κ2) is 11.2. The smallest absolute Gasteiger partial charge is 0.274 e. The molecule has 0 aliphatic carbocycles. The molecule has 5 aromatic rings. The summed E-state index contributed by atoms with van der Waals surface area (Å²) in [6.07, 6.45) is 0.169. The largest absolute Gasteiger partial charge is 0.321 e. The van der Waals surface area contributed by atoms with Crippen molar-refractivity contribution in [1.29, 1.82) is 0 Å². The lowest BCUT2D eigenvalue weighted by atomic mass is 9.86. The normalized spacial score (nSPS) is 15.0. The number of carbonyl (C=O) groups is 1. The molecule has 1 atom stereocenters. The van der Waals surface area contributed by atoms with Gasteiger partial charge in [-0.2, -0.15) is 5.10 Å². The molecule has 1 aliphatic rings. The average molecular weight is 605 g/mol. The molecule has 4 aromatic carbocycles. The quantitative estimate of drug-likeness (QED) is 0.162. The van der Waals surface area contributed by atoms with Crippen LogP contribution in [0.15, 0.2) is 107 Å². The zero-order valence-electron chi connectivity index (χ0n) is 24.4. The number of non-ortho nitro benzene ring substituents is 1. The molecule has 6 rings (SSSR count). The number of fused-ring (bicyclic) bond motifs is 1. The van der Waals surface area contributed by atoms with E-state index in [0.29, 0.717) is 38.5 Å². The Labute approximate surface area is 258 Å². The van der Waals surface area contributed by atoms with E-state index >= 15 is 0 Å². The first kappa shape index (κ1) is 29.0. The van der Waals surface area contributed by atoms with Crippen LogP contribution < -0.4 is 5.56 Å². The molecule has 1 aliphatic heterocycles. The standard InChI is InChI=1S/C35H29ClN4O4/c1-35(2,3)24-14-12-22(13-15-24)34(42)39-30(23-10-7-11-26(18-23)40(43)44)20-29(38-39)32-31(21-8-5-4-6-9-21)27-19-25(36)16-17-28(27)37-33(32)41/h4-19,30H,20H2,1-3H3,(H,37,41)/t30-/m0/s1. The zero-order chi connectivity index (χ0) is 31.2. The van der Waals surface area contributed by atoms with E-state index < -0.39 is 11.0 Å². The van der Waals surface area contributed by atoms with Crippen molar-refractivity contribution in [3.8, 4) is 11.1 Å². The lowest BCUT2D eigenvalue weighted by molar-refractivity contribution is -0.384. The number of nitro groups is 1. The van der Waals surface area contributed by atoms with Crippen LogP contribution in [0.25, 0.3) is 22.0 Å². The molecule has 2 heterocycles. The van der Waals surface area contributed by atoms with Crippen LogP contribution in [0.3, 0.4) is 0 Å². The maximum atomic E-state index is 14.1. The summed E-state index contributed by atoms with van der Waals surface area (Å²) in [5.74, 6) is -0.376. The molecule has 1 amide bonds. The molecule has 220 valence electrons. The van der Waals surface area contributed by atoms with E-state index in [1.54, 1.807) is 42.5 Å². The van der Waals surface area contributed by atoms with E-state index in [2.05, 4.69) is 25.8 Å². The Bertz CT molecular complexity index is 2010. The fourth-order valence-electron chi connectivity index (χ4n) is 5.64. The van der Waals surface area contributed by atoms with E-state index in [1.165, 1.54) is 17.1 Å². The van der Waals surface area contributed by atoms with Crippen molar-refractivity contribution in [2.75, 3.05) is 0 Å². The lowest BCUT2D eigenvalue weighted by Gasteiger charge is -2.23. The highest BCUT2D eigenvalue weighted by Crippen LogP contribution is 2.39. The van der Waals surface area contributed by atoms with Crippen molar-refractivity contribution in [2.24, 2.45) is 5.10 Å². The number of amides is 1. The third-order valence-electron chi connectivity index (χ3n) is 7.91. The minimum Gasteiger partial charge on any atom is -0.321 e. The number of H-pyrrole nitrogens is 1. The van der Waals surface area contributed by atoms with Crippen LogP contribution >= 0.6 is 11.6 Å². The number of hydrogen-bond donors (Lipinski definition) is 1. The first-order chi connectivity index (χ1) is 21.0. The number of nitro benzene ring substituents is 1. The second-order valence-corrected chi connectivity index (χ2v) is 12.3. The number of nitrogens with one attached hydrogen (secondary N) is 1. The second-order valence-electron chi connectivity index (χ2n) is 11.9. The third-order valence-corrected chi connectivity index (χ3v) is 8.14. The van der Waals surface area contributed by atoms with E-state index in [0.717, 1.165) is 16.5 Å². The van der Waals surface area contributed by atoms with Crippen LogP contribution in [-0.4, -0.2) is 26.5 Å². The highest BCUT2D eigenvalue weighted by atomic mass is 35.5. The van der Waals surface area contributed by atoms with Crippen LogP contribution in [0.4, 0.5) is 5.69 Å². The van der Waals surface area contributed by atoms with Crippen molar-refractivity contribution in [2.45, 2.75) is 38.6 Å². The third kappa shape index (κ3) is 5.40. The predicted octanol–water partition coefficient (Wildman–Crippen LogP) is 8.05. The molecule has 1 N–H and O–H groups in total. The minimum atomic E-state index is -0.683. The molecule has 0 saturated carbocycles. The summed E-state index contributed by atoms with van der Waals surface area (Å²) in [7, 11) is 0. The van der Waals surface area contributed by atoms with Gasteiger partial charge in [-0.25, -0.2) is 5.01 Å². The highest BCUT2D eigenvalue weighted by Gasteiger charge is 2.36. The summed E-state index contributed by atoms with van der Waals surface area (Å²) < 4.78 is 0. The van der Waals surface area contributed by atoms with Crippen molar-refractivity contribution < 1.29 is 9.72 Å². The number of benzene rings is 4. The number of hydrazone groups is 1. The number of carbonyl (C=O) groups excluding carboxylic acids is 1. The molecule has 9 heteroatoms. The molecule has 0 fully saturated rings. The molecule has 8 nitrogen and oxygen atoms in total. The van der Waals surface area contributed by atoms with Crippen LogP contribution in [0.1, 0.15) is 60.3 Å². The number of aromatic nitrogens is 1. The molecule has 0 unspecified atom stereocenters. The fraction of sp³-hybridized carbons (Fsp3) is 0.171. The van der Waals surface area contributed by atoms with Gasteiger partial charge in [0.25, 0.3) is 17.2 Å². The number of halogens is 1. The van der Waals surface area contributed by atoms with Gasteiger partial charge in [0.15, 0.2) is 0 Å².